The van der Waals surface area contributed by atoms with Gasteiger partial charge in [-0.2, -0.15) is 0 Å². The number of aromatic nitrogens is 1. The number of allylic oxidation sites excluding steroid dienone is 3. The van der Waals surface area contributed by atoms with E-state index < -0.39 is 77.3 Å². The second-order valence-electron chi connectivity index (χ2n) is 21.7. The van der Waals surface area contributed by atoms with Crippen molar-refractivity contribution in [2.75, 3.05) is 45.3 Å². The summed E-state index contributed by atoms with van der Waals surface area (Å²) in [6.45, 7) is 29.1. The molecule has 0 saturated carbocycles. The number of ether oxygens (including phenoxy) is 6. The summed E-state index contributed by atoms with van der Waals surface area (Å²) in [5, 5.41) is 36.9. The van der Waals surface area contributed by atoms with E-state index in [9.17, 15) is 24.9 Å². The Hall–Kier alpha value is -5.45. The maximum absolute atomic E-state index is 14.0. The number of rotatable bonds is 7. The third-order valence-electron chi connectivity index (χ3n) is 15.1. The minimum atomic E-state index is -1.75. The van der Waals surface area contributed by atoms with Crippen molar-refractivity contribution in [2.24, 2.45) is 29.1 Å². The Morgan fingerprint density at radius 2 is 1.53 bits per heavy atom. The minimum absolute atomic E-state index is 0.163. The average Bonchev–Trinajstić information content (AvgIpc) is 3.88. The summed E-state index contributed by atoms with van der Waals surface area (Å²) in [5.74, 6) is -3.91. The van der Waals surface area contributed by atoms with Crippen molar-refractivity contribution >= 4 is 45.1 Å². The molecule has 392 valence electrons. The maximum atomic E-state index is 14.0. The zero-order valence-corrected chi connectivity index (χ0v) is 45.1. The van der Waals surface area contributed by atoms with Gasteiger partial charge in [-0.15, -0.1) is 0 Å². The Labute approximate surface area is 424 Å². The Balaban J connectivity index is 1.46. The topological polar surface area (TPSA) is 183 Å². The van der Waals surface area contributed by atoms with Gasteiger partial charge in [-0.05, 0) is 78.2 Å². The lowest BCUT2D eigenvalue weighted by atomic mass is 9.78. The van der Waals surface area contributed by atoms with Crippen LogP contribution in [-0.2, 0) is 30.3 Å². The third-order valence-corrected chi connectivity index (χ3v) is 15.1. The Morgan fingerprint density at radius 3 is 2.12 bits per heavy atom. The molecule has 3 aliphatic heterocycles. The number of fused-ring (bicyclic) bond motifs is 2. The van der Waals surface area contributed by atoms with Crippen molar-refractivity contribution in [3.8, 4) is 17.2 Å². The highest BCUT2D eigenvalue weighted by atomic mass is 16.7. The highest BCUT2D eigenvalue weighted by Crippen LogP contribution is 2.59. The standard InChI is InChI=1S/C57H77N3O12/c1-29-26-32(4)39(33(5)27-29)28-59-21-23-60(24-22-59)45-44-51-42-41(52(45)67-16)43-50(37(9)49(42)71-55(65)56(11,12)13)72-57(14,53(43)64)68-25-20-40(66-15)34(6)48(69-38(10)61)36(8)47(63)35(7)46(62)30(2)18-17-19-31(3)54(58-44)70-51/h17-20,25-27,30,34-36,40,46-48,53,62-64H,21-24,28H2,1-16H3/b18-17-,25-20-,31-19-/t30-,34+,35+,36+,40-,46-,47+,48+,53+,57-/m0/s1. The summed E-state index contributed by atoms with van der Waals surface area (Å²) in [6, 6.07) is 4.47. The fraction of sp³-hybridized carbons (Fsp3) is 0.561. The highest BCUT2D eigenvalue weighted by Gasteiger charge is 2.51. The molecule has 6 bridgehead atoms. The van der Waals surface area contributed by atoms with Gasteiger partial charge in [0.2, 0.25) is 5.89 Å². The third kappa shape index (κ3) is 10.4. The molecule has 1 saturated heterocycles. The molecule has 1 aromatic heterocycles. The monoisotopic (exact) mass is 996 g/mol. The van der Waals surface area contributed by atoms with Crippen LogP contribution in [0, 0.1) is 56.8 Å². The number of hydrogen-bond donors (Lipinski definition) is 3. The number of anilines is 1. The molecule has 72 heavy (non-hydrogen) atoms. The molecule has 15 heteroatoms. The maximum Gasteiger partial charge on any atom is 0.316 e. The zero-order chi connectivity index (χ0) is 52.9. The van der Waals surface area contributed by atoms with Crippen molar-refractivity contribution < 1.29 is 57.7 Å². The first kappa shape index (κ1) is 54.3. The quantitative estimate of drug-likeness (QED) is 0.118. The molecule has 3 N–H and O–H groups in total. The molecule has 3 aromatic carbocycles. The average molecular weight is 996 g/mol. The molecule has 4 aromatic rings. The number of hydrogen-bond acceptors (Lipinski definition) is 15. The van der Waals surface area contributed by atoms with Crippen LogP contribution < -0.4 is 19.1 Å². The first-order valence-corrected chi connectivity index (χ1v) is 25.2. The zero-order valence-electron chi connectivity index (χ0n) is 45.1. The molecule has 7 rings (SSSR count). The van der Waals surface area contributed by atoms with E-state index in [1.54, 1.807) is 61.7 Å². The van der Waals surface area contributed by atoms with Crippen LogP contribution >= 0.6 is 0 Å². The number of methoxy groups -OCH3 is 2. The summed E-state index contributed by atoms with van der Waals surface area (Å²) in [4.78, 5) is 36.5. The molecule has 1 fully saturated rings. The Morgan fingerprint density at radius 1 is 0.875 bits per heavy atom. The number of piperazine rings is 1. The number of oxazole rings is 1. The Kier molecular flexibility index (Phi) is 16.0. The number of carbonyl (C=O) groups is 2. The summed E-state index contributed by atoms with van der Waals surface area (Å²) >= 11 is 0. The van der Waals surface area contributed by atoms with E-state index in [4.69, 9.17) is 37.8 Å². The lowest BCUT2D eigenvalue weighted by Crippen LogP contribution is -2.46. The lowest BCUT2D eigenvalue weighted by Gasteiger charge is -2.38. The first-order chi connectivity index (χ1) is 33.8. The predicted molar refractivity (Wildman–Crippen MR) is 278 cm³/mol. The van der Waals surface area contributed by atoms with E-state index >= 15 is 0 Å². The van der Waals surface area contributed by atoms with Crippen molar-refractivity contribution in [3.63, 3.8) is 0 Å². The molecule has 0 amide bonds. The Bertz CT molecular complexity index is 2760. The molecule has 0 unspecified atom stereocenters. The number of aliphatic hydroxyl groups is 3. The van der Waals surface area contributed by atoms with Gasteiger partial charge >= 0.3 is 11.9 Å². The summed E-state index contributed by atoms with van der Waals surface area (Å²) in [7, 11) is 3.09. The summed E-state index contributed by atoms with van der Waals surface area (Å²) in [6.07, 6.45) is 3.49. The molecule has 4 heterocycles. The van der Waals surface area contributed by atoms with Crippen LogP contribution in [0.25, 0.3) is 27.4 Å². The van der Waals surface area contributed by atoms with Gasteiger partial charge < -0.3 is 53.1 Å². The van der Waals surface area contributed by atoms with Gasteiger partial charge in [0.05, 0.1) is 42.5 Å². The highest BCUT2D eigenvalue weighted by molar-refractivity contribution is 6.19. The van der Waals surface area contributed by atoms with E-state index in [2.05, 4.69) is 42.7 Å². The molecule has 0 radical (unpaired) electrons. The van der Waals surface area contributed by atoms with Gasteiger partial charge in [0.15, 0.2) is 17.4 Å². The van der Waals surface area contributed by atoms with Crippen LogP contribution in [0.3, 0.4) is 0 Å². The van der Waals surface area contributed by atoms with Crippen LogP contribution in [0.5, 0.6) is 17.2 Å². The molecule has 3 aliphatic rings. The van der Waals surface area contributed by atoms with Crippen molar-refractivity contribution in [3.05, 3.63) is 82.0 Å². The van der Waals surface area contributed by atoms with E-state index in [-0.39, 0.29) is 11.5 Å². The fourth-order valence-electron chi connectivity index (χ4n) is 10.7. The van der Waals surface area contributed by atoms with Crippen molar-refractivity contribution in [1.82, 2.24) is 9.88 Å². The largest absolute Gasteiger partial charge is 0.494 e. The molecule has 0 spiro atoms. The summed E-state index contributed by atoms with van der Waals surface area (Å²) in [5.41, 5.74) is 7.05. The van der Waals surface area contributed by atoms with Gasteiger partial charge in [-0.1, -0.05) is 63.6 Å². The van der Waals surface area contributed by atoms with Gasteiger partial charge in [0.1, 0.15) is 28.8 Å². The van der Waals surface area contributed by atoms with Gasteiger partial charge in [-0.3, -0.25) is 14.5 Å². The minimum Gasteiger partial charge on any atom is -0.494 e. The normalized spacial score (nSPS) is 29.3. The number of aliphatic hydroxyl groups excluding tert-OH is 3. The van der Waals surface area contributed by atoms with E-state index in [0.29, 0.717) is 69.0 Å². The molecule has 10 atom stereocenters. The van der Waals surface area contributed by atoms with Gasteiger partial charge in [0.25, 0.3) is 5.79 Å². The molecule has 15 nitrogen and oxygen atoms in total. The van der Waals surface area contributed by atoms with E-state index in [1.807, 2.05) is 39.0 Å². The second kappa shape index (κ2) is 21.2. The summed E-state index contributed by atoms with van der Waals surface area (Å²) < 4.78 is 44.8. The van der Waals surface area contributed by atoms with Crippen LogP contribution in [0.2, 0.25) is 0 Å². The number of benzene rings is 3. The van der Waals surface area contributed by atoms with Crippen LogP contribution in [0.4, 0.5) is 5.69 Å². The number of aryl methyl sites for hydroxylation is 3. The van der Waals surface area contributed by atoms with Gasteiger partial charge in [0, 0.05) is 99.4 Å². The van der Waals surface area contributed by atoms with Crippen molar-refractivity contribution in [1.29, 1.82) is 0 Å². The van der Waals surface area contributed by atoms with Crippen molar-refractivity contribution in [2.45, 2.75) is 140 Å². The SMILES string of the molecule is COc1c(N2CCN(Cc3c(C)cc(C)cc3C)CC2)c2nc3oc2c2c(OC(=O)C(C)(C)C)c(C)c4c(c12)[C@@H](O)[C@@](C)(O/C=C\[C@H](OC)[C@@H](C)[C@@H](OC(C)=O)[C@H](C)[C@H](O)[C@H](C)[C@@H](O)[C@@H](C)/C=C\C=C/3C)O4. The van der Waals surface area contributed by atoms with E-state index in [1.165, 1.54) is 42.5 Å². The van der Waals surface area contributed by atoms with E-state index in [0.717, 1.165) is 19.6 Å². The predicted octanol–water partition coefficient (Wildman–Crippen LogP) is 9.36. The lowest BCUT2D eigenvalue weighted by molar-refractivity contribution is -0.181. The number of nitrogens with zero attached hydrogens (tertiary/aromatic N) is 3. The number of esters is 2. The number of carbonyl (C=O) groups excluding carboxylic acids is 2. The molecular formula is C57H77N3O12. The first-order valence-electron chi connectivity index (χ1n) is 25.2. The molecular weight excluding hydrogens is 919 g/mol. The second-order valence-corrected chi connectivity index (χ2v) is 21.7. The van der Waals surface area contributed by atoms with Crippen LogP contribution in [-0.4, -0.2) is 108 Å². The molecule has 0 aliphatic carbocycles. The fourth-order valence-corrected chi connectivity index (χ4v) is 10.7. The van der Waals surface area contributed by atoms with Gasteiger partial charge in [-0.25, -0.2) is 4.98 Å². The smallest absolute Gasteiger partial charge is 0.316 e. The van der Waals surface area contributed by atoms with Crippen LogP contribution in [0.15, 0.2) is 47.1 Å². The van der Waals surface area contributed by atoms with Crippen LogP contribution in [0.1, 0.15) is 115 Å².